The molecule has 1 N–H and O–H groups in total. The maximum absolute atomic E-state index is 3.48. The largest absolute Gasteiger partial charge is 0.354 e. The Bertz CT molecular complexity index is 887. The molecule has 0 aliphatic rings. The van der Waals surface area contributed by atoms with E-state index in [2.05, 4.69) is 71.3 Å². The highest BCUT2D eigenvalue weighted by Crippen LogP contribution is 2.30. The smallest absolute Gasteiger partial charge is 0.213 e. The van der Waals surface area contributed by atoms with Gasteiger partial charge in [0.2, 0.25) is 5.52 Å². The zero-order chi connectivity index (χ0) is 12.1. The number of benzene rings is 2. The summed E-state index contributed by atoms with van der Waals surface area (Å²) < 4.78 is 2.16. The van der Waals surface area contributed by atoms with Crippen LogP contribution in [0.15, 0.2) is 54.7 Å². The molecule has 18 heavy (non-hydrogen) atoms. The maximum Gasteiger partial charge on any atom is 0.213 e. The third-order valence-electron chi connectivity index (χ3n) is 3.64. The number of aryl methyl sites for hydroxylation is 1. The van der Waals surface area contributed by atoms with E-state index in [9.17, 15) is 0 Å². The molecule has 4 aromatic rings. The molecule has 0 radical (unpaired) electrons. The Labute approximate surface area is 104 Å². The van der Waals surface area contributed by atoms with Gasteiger partial charge in [-0.25, -0.2) is 4.57 Å². The highest BCUT2D eigenvalue weighted by molar-refractivity contribution is 6.18. The number of para-hydroxylation sites is 1. The Hall–Kier alpha value is -2.35. The molecule has 4 rings (SSSR count). The van der Waals surface area contributed by atoms with Crippen LogP contribution in [-0.4, -0.2) is 4.98 Å². The van der Waals surface area contributed by atoms with Crippen molar-refractivity contribution in [3.63, 3.8) is 0 Å². The van der Waals surface area contributed by atoms with Gasteiger partial charge < -0.3 is 4.98 Å². The SMILES string of the molecule is C[n+]1cccc2c3c(ccc21)[nH]c1ccccc13. The van der Waals surface area contributed by atoms with Crippen molar-refractivity contribution in [3.8, 4) is 0 Å². The lowest BCUT2D eigenvalue weighted by Crippen LogP contribution is -2.27. The van der Waals surface area contributed by atoms with Gasteiger partial charge >= 0.3 is 0 Å². The molecule has 0 unspecified atom stereocenters. The monoisotopic (exact) mass is 233 g/mol. The second-order valence-electron chi connectivity index (χ2n) is 4.71. The molecule has 0 atom stereocenters. The number of nitrogens with zero attached hydrogens (tertiary/aromatic N) is 1. The van der Waals surface area contributed by atoms with Crippen molar-refractivity contribution in [1.82, 2.24) is 4.98 Å². The minimum Gasteiger partial charge on any atom is -0.354 e. The Balaban J connectivity index is 2.37. The molecular formula is C16H13N2+. The first kappa shape index (κ1) is 9.66. The van der Waals surface area contributed by atoms with Gasteiger partial charge in [0.25, 0.3) is 0 Å². The molecular weight excluding hydrogens is 220 g/mol. The van der Waals surface area contributed by atoms with Gasteiger partial charge in [-0.3, -0.25) is 0 Å². The Morgan fingerprint density at radius 2 is 1.67 bits per heavy atom. The lowest BCUT2D eigenvalue weighted by molar-refractivity contribution is -0.644. The topological polar surface area (TPSA) is 19.7 Å². The zero-order valence-corrected chi connectivity index (χ0v) is 10.1. The minimum absolute atomic E-state index is 1.20. The Morgan fingerprint density at radius 3 is 2.61 bits per heavy atom. The molecule has 0 spiro atoms. The average Bonchev–Trinajstić information content (AvgIpc) is 2.77. The van der Waals surface area contributed by atoms with Crippen molar-refractivity contribution in [1.29, 1.82) is 0 Å². The van der Waals surface area contributed by atoms with E-state index in [1.54, 1.807) is 0 Å². The third kappa shape index (κ3) is 1.15. The fraction of sp³-hybridized carbons (Fsp3) is 0.0625. The van der Waals surface area contributed by atoms with Crippen molar-refractivity contribution in [3.05, 3.63) is 54.7 Å². The number of fused-ring (bicyclic) bond motifs is 5. The van der Waals surface area contributed by atoms with Crippen LogP contribution >= 0.6 is 0 Å². The van der Waals surface area contributed by atoms with Gasteiger partial charge in [-0.05, 0) is 18.2 Å². The highest BCUT2D eigenvalue weighted by atomic mass is 14.9. The number of hydrogen-bond donors (Lipinski definition) is 1. The summed E-state index contributed by atoms with van der Waals surface area (Å²) in [5, 5.41) is 3.92. The Kier molecular flexibility index (Phi) is 1.78. The van der Waals surface area contributed by atoms with E-state index in [1.807, 2.05) is 0 Å². The molecule has 2 heteroatoms. The van der Waals surface area contributed by atoms with Gasteiger partial charge in [0.1, 0.15) is 7.05 Å². The predicted molar refractivity (Wildman–Crippen MR) is 74.5 cm³/mol. The van der Waals surface area contributed by atoms with Gasteiger partial charge in [-0.15, -0.1) is 0 Å². The highest BCUT2D eigenvalue weighted by Gasteiger charge is 2.11. The molecule has 0 fully saturated rings. The molecule has 0 aliphatic carbocycles. The third-order valence-corrected chi connectivity index (χ3v) is 3.64. The van der Waals surface area contributed by atoms with Crippen LogP contribution in [0.1, 0.15) is 0 Å². The second-order valence-corrected chi connectivity index (χ2v) is 4.71. The molecule has 0 amide bonds. The summed E-state index contributed by atoms with van der Waals surface area (Å²) in [6, 6.07) is 17.1. The standard InChI is InChI=1S/C16H12N2/c1-18-10-4-6-12-15(18)9-8-14-16(12)11-5-2-3-7-13(11)17-14/h2-10H,1H3/p+1. The molecule has 2 nitrogen and oxygen atoms in total. The second kappa shape index (κ2) is 3.33. The van der Waals surface area contributed by atoms with Gasteiger partial charge in [-0.2, -0.15) is 0 Å². The number of aromatic amines is 1. The van der Waals surface area contributed by atoms with E-state index in [1.165, 1.54) is 32.7 Å². The van der Waals surface area contributed by atoms with Crippen LogP contribution in [0.5, 0.6) is 0 Å². The van der Waals surface area contributed by atoms with Crippen molar-refractivity contribution >= 4 is 32.7 Å². The van der Waals surface area contributed by atoms with Crippen LogP contribution in [0.4, 0.5) is 0 Å². The van der Waals surface area contributed by atoms with Gasteiger partial charge in [0.05, 0.1) is 5.39 Å². The number of hydrogen-bond acceptors (Lipinski definition) is 0. The lowest BCUT2D eigenvalue weighted by Gasteiger charge is -1.98. The summed E-state index contributed by atoms with van der Waals surface area (Å²) in [6.45, 7) is 0. The zero-order valence-electron chi connectivity index (χ0n) is 10.1. The maximum atomic E-state index is 3.48. The normalized spacial score (nSPS) is 11.6. The predicted octanol–water partition coefficient (Wildman–Crippen LogP) is 3.30. The van der Waals surface area contributed by atoms with Crippen molar-refractivity contribution in [2.75, 3.05) is 0 Å². The number of pyridine rings is 1. The van der Waals surface area contributed by atoms with E-state index in [4.69, 9.17) is 0 Å². The number of nitrogens with one attached hydrogen (secondary N) is 1. The first-order chi connectivity index (χ1) is 8.84. The molecule has 86 valence electrons. The van der Waals surface area contributed by atoms with Crippen LogP contribution in [0.3, 0.4) is 0 Å². The van der Waals surface area contributed by atoms with Crippen LogP contribution < -0.4 is 4.57 Å². The minimum atomic E-state index is 1.20. The average molecular weight is 233 g/mol. The number of H-pyrrole nitrogens is 1. The summed E-state index contributed by atoms with van der Waals surface area (Å²) >= 11 is 0. The van der Waals surface area contributed by atoms with E-state index in [0.29, 0.717) is 0 Å². The van der Waals surface area contributed by atoms with Gasteiger partial charge in [0, 0.05) is 33.9 Å². The first-order valence-electron chi connectivity index (χ1n) is 6.12. The van der Waals surface area contributed by atoms with E-state index < -0.39 is 0 Å². The fourth-order valence-electron chi connectivity index (χ4n) is 2.78. The summed E-state index contributed by atoms with van der Waals surface area (Å²) in [5.74, 6) is 0. The van der Waals surface area contributed by atoms with Crippen LogP contribution in [0, 0.1) is 0 Å². The summed E-state index contributed by atoms with van der Waals surface area (Å²) in [6.07, 6.45) is 2.09. The van der Waals surface area contributed by atoms with Crippen molar-refractivity contribution in [2.24, 2.45) is 7.05 Å². The lowest BCUT2D eigenvalue weighted by atomic mass is 10.1. The Morgan fingerprint density at radius 1 is 0.833 bits per heavy atom. The van der Waals surface area contributed by atoms with Crippen LogP contribution in [0.2, 0.25) is 0 Å². The molecule has 2 aromatic heterocycles. The van der Waals surface area contributed by atoms with E-state index in [0.717, 1.165) is 0 Å². The number of aromatic nitrogens is 2. The molecule has 0 saturated heterocycles. The summed E-state index contributed by atoms with van der Waals surface area (Å²) in [7, 11) is 2.09. The fourth-order valence-corrected chi connectivity index (χ4v) is 2.78. The van der Waals surface area contributed by atoms with E-state index >= 15 is 0 Å². The molecule has 0 bridgehead atoms. The van der Waals surface area contributed by atoms with Gasteiger partial charge in [0.15, 0.2) is 6.20 Å². The molecule has 2 aromatic carbocycles. The number of rotatable bonds is 0. The van der Waals surface area contributed by atoms with Crippen molar-refractivity contribution < 1.29 is 4.57 Å². The van der Waals surface area contributed by atoms with Crippen molar-refractivity contribution in [2.45, 2.75) is 0 Å². The molecule has 0 saturated carbocycles. The summed E-state index contributed by atoms with van der Waals surface area (Å²) in [4.78, 5) is 3.48. The van der Waals surface area contributed by atoms with E-state index in [-0.39, 0.29) is 0 Å². The quantitative estimate of drug-likeness (QED) is 0.450. The van der Waals surface area contributed by atoms with Gasteiger partial charge in [-0.1, -0.05) is 18.2 Å². The van der Waals surface area contributed by atoms with Crippen LogP contribution in [-0.2, 0) is 7.05 Å². The molecule has 0 aliphatic heterocycles. The summed E-state index contributed by atoms with van der Waals surface area (Å²) in [5.41, 5.74) is 3.66. The molecule has 2 heterocycles. The first-order valence-corrected chi connectivity index (χ1v) is 6.12. The van der Waals surface area contributed by atoms with Crippen LogP contribution in [0.25, 0.3) is 32.7 Å².